The van der Waals surface area contributed by atoms with Gasteiger partial charge in [0.2, 0.25) is 10.0 Å². The minimum atomic E-state index is -3.15. The number of nitrogens with one attached hydrogen (secondary N) is 2. The molecule has 0 aromatic carbocycles. The average molecular weight is 262 g/mol. The first kappa shape index (κ1) is 14.9. The average Bonchev–Trinajstić information content (AvgIpc) is 2.13. The lowest BCUT2D eigenvalue weighted by molar-refractivity contribution is 0.232. The van der Waals surface area contributed by atoms with Crippen LogP contribution in [0.3, 0.4) is 0 Å². The summed E-state index contributed by atoms with van der Waals surface area (Å²) < 4.78 is 26.6. The molecule has 4 nitrogen and oxygen atoms in total. The highest BCUT2D eigenvalue weighted by molar-refractivity contribution is 7.89. The van der Waals surface area contributed by atoms with Crippen LogP contribution in [0.5, 0.6) is 0 Å². The van der Waals surface area contributed by atoms with Crippen LogP contribution >= 0.6 is 0 Å². The summed E-state index contributed by atoms with van der Waals surface area (Å²) >= 11 is 0. The molecule has 1 saturated heterocycles. The summed E-state index contributed by atoms with van der Waals surface area (Å²) in [4.78, 5) is 0. The van der Waals surface area contributed by atoms with E-state index in [0.29, 0.717) is 6.54 Å². The molecule has 0 aliphatic carbocycles. The molecule has 1 fully saturated rings. The fraction of sp³-hybridized carbons (Fsp3) is 1.00. The van der Waals surface area contributed by atoms with Crippen molar-refractivity contribution < 1.29 is 8.42 Å². The number of sulfonamides is 1. The van der Waals surface area contributed by atoms with Crippen molar-refractivity contribution in [1.82, 2.24) is 10.0 Å². The predicted molar refractivity (Wildman–Crippen MR) is 71.5 cm³/mol. The molecule has 0 saturated carbocycles. The molecule has 5 heteroatoms. The zero-order chi connectivity index (χ0) is 13.2. The van der Waals surface area contributed by atoms with Crippen molar-refractivity contribution in [2.75, 3.05) is 25.4 Å². The minimum absolute atomic E-state index is 0.107. The van der Waals surface area contributed by atoms with Crippen molar-refractivity contribution >= 4 is 10.0 Å². The van der Waals surface area contributed by atoms with Crippen molar-refractivity contribution in [2.24, 2.45) is 10.8 Å². The monoisotopic (exact) mass is 262 g/mol. The largest absolute Gasteiger partial charge is 0.317 e. The van der Waals surface area contributed by atoms with Gasteiger partial charge in [-0.15, -0.1) is 0 Å². The zero-order valence-corrected chi connectivity index (χ0v) is 12.3. The Morgan fingerprint density at radius 1 is 1.24 bits per heavy atom. The molecular formula is C12H26N2O2S. The van der Waals surface area contributed by atoms with Gasteiger partial charge < -0.3 is 5.32 Å². The van der Waals surface area contributed by atoms with Crippen LogP contribution in [0.1, 0.15) is 40.5 Å². The van der Waals surface area contributed by atoms with E-state index in [0.717, 1.165) is 25.9 Å². The molecule has 17 heavy (non-hydrogen) atoms. The Balaban J connectivity index is 2.49. The van der Waals surface area contributed by atoms with Gasteiger partial charge in [-0.2, -0.15) is 0 Å². The van der Waals surface area contributed by atoms with E-state index in [1.807, 2.05) is 20.8 Å². The van der Waals surface area contributed by atoms with Crippen molar-refractivity contribution in [3.05, 3.63) is 0 Å². The van der Waals surface area contributed by atoms with Gasteiger partial charge in [-0.1, -0.05) is 27.7 Å². The van der Waals surface area contributed by atoms with Gasteiger partial charge in [-0.25, -0.2) is 13.1 Å². The SMILES string of the molecule is CC(C)(C)CS(=O)(=O)NCC1(C)CCNCC1. The van der Waals surface area contributed by atoms with Gasteiger partial charge >= 0.3 is 0 Å². The van der Waals surface area contributed by atoms with Crippen LogP contribution < -0.4 is 10.0 Å². The molecule has 0 atom stereocenters. The molecule has 0 amide bonds. The molecule has 0 spiro atoms. The lowest BCUT2D eigenvalue weighted by Gasteiger charge is -2.34. The lowest BCUT2D eigenvalue weighted by Crippen LogP contribution is -2.44. The zero-order valence-electron chi connectivity index (χ0n) is 11.5. The molecule has 0 aromatic rings. The van der Waals surface area contributed by atoms with Gasteiger partial charge in [0, 0.05) is 6.54 Å². The molecule has 1 aliphatic rings. The second-order valence-electron chi connectivity index (χ2n) is 6.70. The Kier molecular flexibility index (Phi) is 4.60. The Labute approximate surface area is 106 Å². The maximum atomic E-state index is 11.9. The Morgan fingerprint density at radius 3 is 2.24 bits per heavy atom. The highest BCUT2D eigenvalue weighted by Crippen LogP contribution is 2.27. The van der Waals surface area contributed by atoms with Crippen LogP contribution in [0, 0.1) is 10.8 Å². The smallest absolute Gasteiger partial charge is 0.212 e. The topological polar surface area (TPSA) is 58.2 Å². The fourth-order valence-corrected chi connectivity index (χ4v) is 3.92. The second-order valence-corrected chi connectivity index (χ2v) is 8.51. The summed E-state index contributed by atoms with van der Waals surface area (Å²) in [5, 5.41) is 3.30. The summed E-state index contributed by atoms with van der Waals surface area (Å²) in [5.41, 5.74) is -0.0862. The van der Waals surface area contributed by atoms with Crippen LogP contribution in [-0.4, -0.2) is 33.8 Å². The highest BCUT2D eigenvalue weighted by Gasteiger charge is 2.29. The van der Waals surface area contributed by atoms with E-state index >= 15 is 0 Å². The minimum Gasteiger partial charge on any atom is -0.317 e. The Hall–Kier alpha value is -0.130. The number of piperidine rings is 1. The van der Waals surface area contributed by atoms with Crippen molar-refractivity contribution in [1.29, 1.82) is 0 Å². The number of rotatable bonds is 4. The van der Waals surface area contributed by atoms with Gasteiger partial charge in [0.25, 0.3) is 0 Å². The van der Waals surface area contributed by atoms with Crippen molar-refractivity contribution in [3.63, 3.8) is 0 Å². The number of hydrogen-bond acceptors (Lipinski definition) is 3. The third-order valence-electron chi connectivity index (χ3n) is 3.15. The Morgan fingerprint density at radius 2 is 1.76 bits per heavy atom. The van der Waals surface area contributed by atoms with E-state index in [-0.39, 0.29) is 16.6 Å². The third-order valence-corrected chi connectivity index (χ3v) is 4.98. The van der Waals surface area contributed by atoms with Crippen molar-refractivity contribution in [2.45, 2.75) is 40.5 Å². The first-order valence-electron chi connectivity index (χ1n) is 6.30. The molecule has 0 radical (unpaired) electrons. The van der Waals surface area contributed by atoms with E-state index in [2.05, 4.69) is 17.0 Å². The third kappa shape index (κ3) is 5.84. The van der Waals surface area contributed by atoms with E-state index in [1.54, 1.807) is 0 Å². The molecule has 1 aliphatic heterocycles. The van der Waals surface area contributed by atoms with Crippen LogP contribution in [-0.2, 0) is 10.0 Å². The van der Waals surface area contributed by atoms with Gasteiger partial charge in [-0.3, -0.25) is 0 Å². The van der Waals surface area contributed by atoms with E-state index in [9.17, 15) is 8.42 Å². The Bertz CT molecular complexity index is 338. The second kappa shape index (κ2) is 5.24. The van der Waals surface area contributed by atoms with Gasteiger partial charge in [0.05, 0.1) is 5.75 Å². The van der Waals surface area contributed by atoms with E-state index < -0.39 is 10.0 Å². The quantitative estimate of drug-likeness (QED) is 0.804. The van der Waals surface area contributed by atoms with Gasteiger partial charge in [-0.05, 0) is 36.8 Å². The maximum absolute atomic E-state index is 11.9. The van der Waals surface area contributed by atoms with Crippen LogP contribution in [0.25, 0.3) is 0 Å². The summed E-state index contributed by atoms with van der Waals surface area (Å²) in [6.07, 6.45) is 2.07. The van der Waals surface area contributed by atoms with Crippen molar-refractivity contribution in [3.8, 4) is 0 Å². The first-order chi connectivity index (χ1) is 7.62. The fourth-order valence-electron chi connectivity index (χ4n) is 2.11. The summed E-state index contributed by atoms with van der Waals surface area (Å²) in [6, 6.07) is 0. The summed E-state index contributed by atoms with van der Waals surface area (Å²) in [6.45, 7) is 10.5. The van der Waals surface area contributed by atoms with Gasteiger partial charge in [0.1, 0.15) is 0 Å². The maximum Gasteiger partial charge on any atom is 0.212 e. The molecule has 0 unspecified atom stereocenters. The predicted octanol–water partition coefficient (Wildman–Crippen LogP) is 1.34. The van der Waals surface area contributed by atoms with Gasteiger partial charge in [0.15, 0.2) is 0 Å². The molecule has 1 heterocycles. The highest BCUT2D eigenvalue weighted by atomic mass is 32.2. The summed E-state index contributed by atoms with van der Waals surface area (Å²) in [7, 11) is -3.15. The normalized spacial score (nSPS) is 21.4. The first-order valence-corrected chi connectivity index (χ1v) is 7.95. The molecule has 1 rings (SSSR count). The van der Waals surface area contributed by atoms with E-state index in [4.69, 9.17) is 0 Å². The molecule has 0 bridgehead atoms. The summed E-state index contributed by atoms with van der Waals surface area (Å²) in [5.74, 6) is 0.189. The lowest BCUT2D eigenvalue weighted by atomic mass is 9.81. The standard InChI is InChI=1S/C12H26N2O2S/c1-11(2,3)10-17(15,16)14-9-12(4)5-7-13-8-6-12/h13-14H,5-10H2,1-4H3. The van der Waals surface area contributed by atoms with E-state index in [1.165, 1.54) is 0 Å². The molecule has 102 valence electrons. The molecule has 0 aromatic heterocycles. The molecule has 2 N–H and O–H groups in total. The molecular weight excluding hydrogens is 236 g/mol. The van der Waals surface area contributed by atoms with Crippen LogP contribution in [0.2, 0.25) is 0 Å². The van der Waals surface area contributed by atoms with Crippen LogP contribution in [0.4, 0.5) is 0 Å². The number of hydrogen-bond donors (Lipinski definition) is 2. The van der Waals surface area contributed by atoms with Crippen LogP contribution in [0.15, 0.2) is 0 Å².